The number of hydrogen-bond acceptors (Lipinski definition) is 9. The van der Waals surface area contributed by atoms with E-state index in [4.69, 9.17) is 5.73 Å². The third-order valence-corrected chi connectivity index (χ3v) is 5.73. The molecule has 0 saturated heterocycles. The first-order valence-corrected chi connectivity index (χ1v) is 12.7. The molecule has 13 heteroatoms. The zero-order valence-electron chi connectivity index (χ0n) is 17.3. The molecule has 174 valence electrons. The number of amides is 3. The van der Waals surface area contributed by atoms with Gasteiger partial charge in [-0.1, -0.05) is 0 Å². The van der Waals surface area contributed by atoms with Crippen molar-refractivity contribution >= 4 is 59.8 Å². The van der Waals surface area contributed by atoms with Gasteiger partial charge in [-0.2, -0.15) is 36.2 Å². The van der Waals surface area contributed by atoms with Crippen LogP contribution in [-0.2, 0) is 19.2 Å². The highest BCUT2D eigenvalue weighted by molar-refractivity contribution is 7.98. The van der Waals surface area contributed by atoms with Crippen molar-refractivity contribution in [3.8, 4) is 0 Å². The molecule has 0 aliphatic rings. The maximum absolute atomic E-state index is 12.5. The number of aliphatic hydroxyl groups excluding tert-OH is 1. The number of carbonyl (C=O) groups excluding carboxylic acids is 3. The minimum atomic E-state index is -1.40. The summed E-state index contributed by atoms with van der Waals surface area (Å²) >= 11 is 7.01. The summed E-state index contributed by atoms with van der Waals surface area (Å²) in [4.78, 5) is 48.5. The topological polar surface area (TPSA) is 171 Å². The first-order valence-electron chi connectivity index (χ1n) is 9.25. The molecule has 0 aliphatic carbocycles. The summed E-state index contributed by atoms with van der Waals surface area (Å²) in [6.07, 6.45) is 3.00. The maximum atomic E-state index is 12.5. The third kappa shape index (κ3) is 10.8. The molecule has 0 fully saturated rings. The lowest BCUT2D eigenvalue weighted by Gasteiger charge is -2.26. The van der Waals surface area contributed by atoms with Crippen molar-refractivity contribution in [3.63, 3.8) is 0 Å². The van der Waals surface area contributed by atoms with Crippen molar-refractivity contribution in [1.82, 2.24) is 16.0 Å². The number of hydrogen-bond donors (Lipinski definition) is 7. The summed E-state index contributed by atoms with van der Waals surface area (Å²) in [6.45, 7) is 1.29. The predicted molar refractivity (Wildman–Crippen MR) is 123 cm³/mol. The van der Waals surface area contributed by atoms with Crippen molar-refractivity contribution in [2.24, 2.45) is 5.73 Å². The second-order valence-electron chi connectivity index (χ2n) is 6.54. The number of carboxylic acids is 1. The van der Waals surface area contributed by atoms with Gasteiger partial charge in [-0.15, -0.1) is 0 Å². The Morgan fingerprint density at radius 1 is 0.933 bits per heavy atom. The Morgan fingerprint density at radius 2 is 1.47 bits per heavy atom. The Kier molecular flexibility index (Phi) is 15.0. The Hall–Kier alpha value is -1.15. The van der Waals surface area contributed by atoms with Gasteiger partial charge in [0.05, 0.1) is 12.1 Å². The number of nitrogens with two attached hydrogens (primary N) is 1. The molecule has 10 nitrogen and oxygen atoms in total. The summed E-state index contributed by atoms with van der Waals surface area (Å²) in [5.41, 5.74) is 5.78. The van der Waals surface area contributed by atoms with Gasteiger partial charge in [0.25, 0.3) is 0 Å². The van der Waals surface area contributed by atoms with E-state index in [1.165, 1.54) is 30.4 Å². The summed E-state index contributed by atoms with van der Waals surface area (Å²) in [6, 6.07) is -4.44. The Balaban J connectivity index is 5.08. The molecule has 0 aromatic carbocycles. The van der Waals surface area contributed by atoms with Gasteiger partial charge in [0.15, 0.2) is 0 Å². The first kappa shape index (κ1) is 28.9. The minimum Gasteiger partial charge on any atom is -0.480 e. The van der Waals surface area contributed by atoms with Crippen molar-refractivity contribution in [2.45, 2.75) is 50.0 Å². The van der Waals surface area contributed by atoms with Gasteiger partial charge in [-0.3, -0.25) is 14.4 Å². The van der Waals surface area contributed by atoms with E-state index < -0.39 is 54.0 Å². The number of thioether (sulfide) groups is 2. The maximum Gasteiger partial charge on any atom is 0.326 e. The fourth-order valence-electron chi connectivity index (χ4n) is 2.26. The van der Waals surface area contributed by atoms with E-state index in [9.17, 15) is 29.4 Å². The summed E-state index contributed by atoms with van der Waals surface area (Å²) in [5.74, 6) is -2.20. The molecule has 0 saturated carbocycles. The van der Waals surface area contributed by atoms with Crippen LogP contribution < -0.4 is 21.7 Å². The van der Waals surface area contributed by atoms with E-state index in [-0.39, 0.29) is 12.2 Å². The van der Waals surface area contributed by atoms with Gasteiger partial charge in [0.2, 0.25) is 17.7 Å². The molecule has 7 N–H and O–H groups in total. The Labute approximate surface area is 190 Å². The number of nitrogens with one attached hydrogen (secondary N) is 3. The molecule has 5 unspecified atom stereocenters. The van der Waals surface area contributed by atoms with Crippen LogP contribution in [0.4, 0.5) is 0 Å². The number of aliphatic hydroxyl groups is 1. The van der Waals surface area contributed by atoms with Gasteiger partial charge in [-0.05, 0) is 43.8 Å². The Morgan fingerprint density at radius 3 is 1.93 bits per heavy atom. The molecule has 0 radical (unpaired) electrons. The number of thiol groups is 1. The molecule has 0 rings (SSSR count). The zero-order valence-corrected chi connectivity index (χ0v) is 19.8. The van der Waals surface area contributed by atoms with Gasteiger partial charge in [0, 0.05) is 5.75 Å². The van der Waals surface area contributed by atoms with Crippen LogP contribution in [0, 0.1) is 0 Å². The minimum absolute atomic E-state index is 0.0631. The molecule has 30 heavy (non-hydrogen) atoms. The number of carboxylic acid groups (broad SMARTS) is 1. The highest BCUT2D eigenvalue weighted by Crippen LogP contribution is 2.04. The third-order valence-electron chi connectivity index (χ3n) is 4.07. The van der Waals surface area contributed by atoms with E-state index >= 15 is 0 Å². The molecule has 3 amide bonds. The van der Waals surface area contributed by atoms with Crippen LogP contribution >= 0.6 is 36.2 Å². The summed E-state index contributed by atoms with van der Waals surface area (Å²) < 4.78 is 0. The fourth-order valence-corrected chi connectivity index (χ4v) is 3.48. The van der Waals surface area contributed by atoms with Crippen LogP contribution in [0.25, 0.3) is 0 Å². The smallest absolute Gasteiger partial charge is 0.326 e. The lowest BCUT2D eigenvalue weighted by atomic mass is 10.1. The number of aliphatic carboxylic acids is 1. The van der Waals surface area contributed by atoms with E-state index in [2.05, 4.69) is 28.6 Å². The zero-order chi connectivity index (χ0) is 23.3. The molecule has 0 heterocycles. The average Bonchev–Trinajstić information content (AvgIpc) is 2.70. The normalized spacial score (nSPS) is 15.9. The first-order chi connectivity index (χ1) is 14.1. The molecule has 0 aromatic rings. The standard InChI is InChI=1S/C17H32N4O6S3/c1-9(22)13(16(25)19-11(17(26)27)5-7-30-3)21-15(24)12(8-28)20-14(23)10(18)4-6-29-2/h9-13,22,28H,4-8,18H2,1-3H3,(H,19,25)(H,20,23)(H,21,24)(H,26,27). The molecular formula is C17H32N4O6S3. The van der Waals surface area contributed by atoms with Crippen molar-refractivity contribution in [3.05, 3.63) is 0 Å². The SMILES string of the molecule is CSCCC(N)C(=O)NC(CS)C(=O)NC(C(=O)NC(CCSC)C(=O)O)C(C)O. The largest absolute Gasteiger partial charge is 0.480 e. The molecule has 0 aromatic heterocycles. The summed E-state index contributed by atoms with van der Waals surface area (Å²) in [5, 5.41) is 26.3. The lowest BCUT2D eigenvalue weighted by Crippen LogP contribution is -2.60. The van der Waals surface area contributed by atoms with Gasteiger partial charge in [-0.25, -0.2) is 4.79 Å². The van der Waals surface area contributed by atoms with E-state index in [1.807, 2.05) is 6.26 Å². The Bertz CT molecular complexity index is 582. The predicted octanol–water partition coefficient (Wildman–Crippen LogP) is -1.33. The van der Waals surface area contributed by atoms with Crippen LogP contribution in [0.15, 0.2) is 0 Å². The van der Waals surface area contributed by atoms with Crippen molar-refractivity contribution in [2.75, 3.05) is 29.8 Å². The second-order valence-corrected chi connectivity index (χ2v) is 8.88. The molecule has 5 atom stereocenters. The van der Waals surface area contributed by atoms with Gasteiger partial charge >= 0.3 is 5.97 Å². The van der Waals surface area contributed by atoms with Gasteiger partial charge in [0.1, 0.15) is 18.1 Å². The molecule has 0 aliphatic heterocycles. The van der Waals surface area contributed by atoms with Crippen LogP contribution in [0.5, 0.6) is 0 Å². The van der Waals surface area contributed by atoms with Crippen LogP contribution in [0.3, 0.4) is 0 Å². The van der Waals surface area contributed by atoms with E-state index in [0.717, 1.165) is 0 Å². The lowest BCUT2D eigenvalue weighted by molar-refractivity contribution is -0.143. The van der Waals surface area contributed by atoms with Crippen LogP contribution in [0.1, 0.15) is 19.8 Å². The number of rotatable bonds is 15. The number of carbonyl (C=O) groups is 4. The van der Waals surface area contributed by atoms with Crippen molar-refractivity contribution in [1.29, 1.82) is 0 Å². The summed E-state index contributed by atoms with van der Waals surface area (Å²) in [7, 11) is 0. The highest BCUT2D eigenvalue weighted by atomic mass is 32.2. The van der Waals surface area contributed by atoms with E-state index in [1.54, 1.807) is 6.26 Å². The fraction of sp³-hybridized carbons (Fsp3) is 0.765. The van der Waals surface area contributed by atoms with Crippen molar-refractivity contribution < 1.29 is 29.4 Å². The van der Waals surface area contributed by atoms with E-state index in [0.29, 0.717) is 17.9 Å². The molecular weight excluding hydrogens is 452 g/mol. The quantitative estimate of drug-likeness (QED) is 0.139. The molecule has 0 spiro atoms. The highest BCUT2D eigenvalue weighted by Gasteiger charge is 2.32. The van der Waals surface area contributed by atoms with Crippen LogP contribution in [0.2, 0.25) is 0 Å². The average molecular weight is 485 g/mol. The monoisotopic (exact) mass is 484 g/mol. The van der Waals surface area contributed by atoms with Crippen LogP contribution in [-0.4, -0.2) is 93.9 Å². The van der Waals surface area contributed by atoms with Gasteiger partial charge < -0.3 is 31.9 Å². The molecule has 0 bridgehead atoms. The second kappa shape index (κ2) is 15.6.